The fourth-order valence-corrected chi connectivity index (χ4v) is 2.49. The molecule has 1 aromatic carbocycles. The molecule has 23 heavy (non-hydrogen) atoms. The lowest BCUT2D eigenvalue weighted by Gasteiger charge is -2.16. The monoisotopic (exact) mass is 314 g/mol. The van der Waals surface area contributed by atoms with E-state index in [0.29, 0.717) is 6.54 Å². The van der Waals surface area contributed by atoms with Crippen molar-refractivity contribution in [1.29, 1.82) is 0 Å². The third-order valence-electron chi connectivity index (χ3n) is 4.07. The maximum Gasteiger partial charge on any atom is 0.238 e. The highest BCUT2D eigenvalue weighted by Gasteiger charge is 2.08. The molecule has 0 saturated heterocycles. The third kappa shape index (κ3) is 5.21. The Morgan fingerprint density at radius 2 is 2.09 bits per heavy atom. The van der Waals surface area contributed by atoms with Crippen molar-refractivity contribution in [2.75, 3.05) is 25.5 Å². The van der Waals surface area contributed by atoms with Gasteiger partial charge in [-0.15, -0.1) is 0 Å². The van der Waals surface area contributed by atoms with Crippen molar-refractivity contribution < 1.29 is 4.79 Å². The Morgan fingerprint density at radius 3 is 2.74 bits per heavy atom. The number of hydrogen-bond acceptors (Lipinski definition) is 3. The minimum absolute atomic E-state index is 0.0211. The second-order valence-electron chi connectivity index (χ2n) is 6.14. The molecule has 0 atom stereocenters. The summed E-state index contributed by atoms with van der Waals surface area (Å²) in [5, 5.41) is 2.96. The third-order valence-corrected chi connectivity index (χ3v) is 4.07. The number of aromatic nitrogens is 2. The van der Waals surface area contributed by atoms with Crippen molar-refractivity contribution in [3.63, 3.8) is 0 Å². The molecule has 1 amide bonds. The van der Waals surface area contributed by atoms with E-state index in [4.69, 9.17) is 0 Å². The zero-order valence-electron chi connectivity index (χ0n) is 14.5. The molecule has 0 aliphatic rings. The van der Waals surface area contributed by atoms with Gasteiger partial charge in [0.05, 0.1) is 6.54 Å². The van der Waals surface area contributed by atoms with Gasteiger partial charge in [0.1, 0.15) is 5.82 Å². The Labute approximate surface area is 138 Å². The fourth-order valence-electron chi connectivity index (χ4n) is 2.49. The van der Waals surface area contributed by atoms with Crippen molar-refractivity contribution in [3.8, 4) is 0 Å². The topological polar surface area (TPSA) is 50.2 Å². The van der Waals surface area contributed by atoms with Crippen LogP contribution in [-0.2, 0) is 18.3 Å². The van der Waals surface area contributed by atoms with Crippen LogP contribution in [0, 0.1) is 13.8 Å². The Hall–Kier alpha value is -2.14. The summed E-state index contributed by atoms with van der Waals surface area (Å²) in [5.74, 6) is 1.10. The summed E-state index contributed by atoms with van der Waals surface area (Å²) in [7, 11) is 3.97. The minimum atomic E-state index is 0.0211. The Morgan fingerprint density at radius 1 is 1.30 bits per heavy atom. The van der Waals surface area contributed by atoms with Crippen LogP contribution >= 0.6 is 0 Å². The minimum Gasteiger partial charge on any atom is -0.338 e. The molecule has 0 radical (unpaired) electrons. The lowest BCUT2D eigenvalue weighted by molar-refractivity contribution is -0.117. The number of nitrogens with zero attached hydrogens (tertiary/aromatic N) is 3. The van der Waals surface area contributed by atoms with Crippen LogP contribution in [0.4, 0.5) is 5.69 Å². The van der Waals surface area contributed by atoms with Crippen LogP contribution in [0.1, 0.15) is 23.4 Å². The first kappa shape index (κ1) is 17.2. The molecule has 2 rings (SSSR count). The first-order valence-corrected chi connectivity index (χ1v) is 7.97. The maximum absolute atomic E-state index is 12.1. The van der Waals surface area contributed by atoms with Crippen molar-refractivity contribution in [2.45, 2.75) is 26.7 Å². The summed E-state index contributed by atoms with van der Waals surface area (Å²) in [6.07, 6.45) is 5.68. The van der Waals surface area contributed by atoms with Crippen LogP contribution in [0.15, 0.2) is 30.6 Å². The van der Waals surface area contributed by atoms with Gasteiger partial charge in [0.15, 0.2) is 0 Å². The van der Waals surface area contributed by atoms with Crippen LogP contribution < -0.4 is 5.32 Å². The lowest BCUT2D eigenvalue weighted by atomic mass is 10.1. The molecule has 1 heterocycles. The molecule has 0 fully saturated rings. The van der Waals surface area contributed by atoms with E-state index in [1.54, 1.807) is 0 Å². The van der Waals surface area contributed by atoms with Crippen molar-refractivity contribution in [2.24, 2.45) is 7.05 Å². The van der Waals surface area contributed by atoms with Crippen LogP contribution in [0.2, 0.25) is 0 Å². The Balaban J connectivity index is 1.73. The van der Waals surface area contributed by atoms with Crippen LogP contribution in [-0.4, -0.2) is 40.5 Å². The van der Waals surface area contributed by atoms with E-state index in [9.17, 15) is 4.79 Å². The molecule has 0 aliphatic heterocycles. The van der Waals surface area contributed by atoms with E-state index in [1.165, 1.54) is 11.1 Å². The maximum atomic E-state index is 12.1. The molecule has 0 saturated carbocycles. The average molecular weight is 314 g/mol. The second-order valence-corrected chi connectivity index (χ2v) is 6.14. The van der Waals surface area contributed by atoms with Gasteiger partial charge in [0.25, 0.3) is 0 Å². The molecule has 1 N–H and O–H groups in total. The Kier molecular flexibility index (Phi) is 5.93. The van der Waals surface area contributed by atoms with Gasteiger partial charge >= 0.3 is 0 Å². The number of imidazole rings is 1. The molecule has 0 spiro atoms. The van der Waals surface area contributed by atoms with Crippen LogP contribution in [0.3, 0.4) is 0 Å². The number of aryl methyl sites for hydroxylation is 4. The highest BCUT2D eigenvalue weighted by molar-refractivity contribution is 5.92. The van der Waals surface area contributed by atoms with Crippen molar-refractivity contribution in [1.82, 2.24) is 14.5 Å². The molecular weight excluding hydrogens is 288 g/mol. The number of carbonyl (C=O) groups is 1. The van der Waals surface area contributed by atoms with Crippen LogP contribution in [0.25, 0.3) is 0 Å². The van der Waals surface area contributed by atoms with E-state index >= 15 is 0 Å². The highest BCUT2D eigenvalue weighted by atomic mass is 16.2. The summed E-state index contributed by atoms with van der Waals surface area (Å²) >= 11 is 0. The summed E-state index contributed by atoms with van der Waals surface area (Å²) < 4.78 is 2.03. The second kappa shape index (κ2) is 7.92. The predicted molar refractivity (Wildman–Crippen MR) is 93.6 cm³/mol. The summed E-state index contributed by atoms with van der Waals surface area (Å²) in [5.41, 5.74) is 3.28. The number of anilines is 1. The lowest BCUT2D eigenvalue weighted by Crippen LogP contribution is -2.31. The van der Waals surface area contributed by atoms with Gasteiger partial charge in [-0.2, -0.15) is 0 Å². The number of amides is 1. The number of likely N-dealkylation sites (N-methyl/N-ethyl adjacent to an activating group) is 1. The van der Waals surface area contributed by atoms with E-state index in [-0.39, 0.29) is 5.91 Å². The predicted octanol–water partition coefficient (Wildman–Crippen LogP) is 2.54. The SMILES string of the molecule is Cc1ccc(NC(=O)CN(C)CCCc2nccn2C)cc1C. The van der Waals surface area contributed by atoms with Gasteiger partial charge < -0.3 is 9.88 Å². The van der Waals surface area contributed by atoms with E-state index in [1.807, 2.05) is 54.2 Å². The van der Waals surface area contributed by atoms with Gasteiger partial charge in [-0.1, -0.05) is 6.07 Å². The van der Waals surface area contributed by atoms with Crippen LogP contribution in [0.5, 0.6) is 0 Å². The smallest absolute Gasteiger partial charge is 0.238 e. The molecule has 124 valence electrons. The molecule has 5 heteroatoms. The van der Waals surface area contributed by atoms with Gasteiger partial charge in [0, 0.05) is 31.5 Å². The zero-order chi connectivity index (χ0) is 16.8. The van der Waals surface area contributed by atoms with Gasteiger partial charge in [-0.05, 0) is 57.1 Å². The molecule has 1 aromatic heterocycles. The zero-order valence-corrected chi connectivity index (χ0v) is 14.5. The first-order chi connectivity index (χ1) is 11.0. The average Bonchev–Trinajstić information content (AvgIpc) is 2.88. The van der Waals surface area contributed by atoms with E-state index in [0.717, 1.165) is 30.9 Å². The summed E-state index contributed by atoms with van der Waals surface area (Å²) in [6.45, 7) is 5.38. The van der Waals surface area contributed by atoms with Crippen molar-refractivity contribution >= 4 is 11.6 Å². The van der Waals surface area contributed by atoms with Crippen molar-refractivity contribution in [3.05, 3.63) is 47.5 Å². The first-order valence-electron chi connectivity index (χ1n) is 7.97. The molecule has 5 nitrogen and oxygen atoms in total. The van der Waals surface area contributed by atoms with Gasteiger partial charge in [0.2, 0.25) is 5.91 Å². The number of hydrogen-bond donors (Lipinski definition) is 1. The molecular formula is C18H26N4O. The molecule has 0 bridgehead atoms. The Bertz CT molecular complexity index is 663. The normalized spacial score (nSPS) is 11.0. The standard InChI is InChI=1S/C18H26N4O/c1-14-7-8-16(12-15(14)2)20-18(23)13-21(3)10-5-6-17-19-9-11-22(17)4/h7-9,11-12H,5-6,10,13H2,1-4H3,(H,20,23). The number of nitrogens with one attached hydrogen (secondary N) is 1. The number of benzene rings is 1. The van der Waals surface area contributed by atoms with E-state index in [2.05, 4.69) is 24.1 Å². The number of carbonyl (C=O) groups excluding carboxylic acids is 1. The fraction of sp³-hybridized carbons (Fsp3) is 0.444. The molecule has 2 aromatic rings. The highest BCUT2D eigenvalue weighted by Crippen LogP contribution is 2.14. The summed E-state index contributed by atoms with van der Waals surface area (Å²) in [6, 6.07) is 5.98. The molecule has 0 aliphatic carbocycles. The largest absolute Gasteiger partial charge is 0.338 e. The number of rotatable bonds is 7. The van der Waals surface area contributed by atoms with E-state index < -0.39 is 0 Å². The summed E-state index contributed by atoms with van der Waals surface area (Å²) in [4.78, 5) is 18.4. The van der Waals surface area contributed by atoms with Gasteiger partial charge in [-0.25, -0.2) is 4.98 Å². The quantitative estimate of drug-likeness (QED) is 0.854. The molecule has 0 unspecified atom stereocenters. The van der Waals surface area contributed by atoms with Gasteiger partial charge in [-0.3, -0.25) is 9.69 Å².